The molecule has 8 heteroatoms. The van der Waals surface area contributed by atoms with E-state index in [4.69, 9.17) is 4.74 Å². The van der Waals surface area contributed by atoms with Crippen LogP contribution in [-0.2, 0) is 20.7 Å². The van der Waals surface area contributed by atoms with Crippen molar-refractivity contribution in [3.63, 3.8) is 0 Å². The number of hydrogen-bond acceptors (Lipinski definition) is 6. The molecule has 1 aliphatic rings. The van der Waals surface area contributed by atoms with Crippen molar-refractivity contribution in [1.82, 2.24) is 5.32 Å². The summed E-state index contributed by atoms with van der Waals surface area (Å²) in [6.07, 6.45) is -2.17. The first-order valence-electron chi connectivity index (χ1n) is 9.99. The van der Waals surface area contributed by atoms with E-state index in [-0.39, 0.29) is 11.3 Å². The van der Waals surface area contributed by atoms with E-state index in [0.717, 1.165) is 5.56 Å². The second-order valence-corrected chi connectivity index (χ2v) is 8.60. The number of methoxy groups -OCH3 is 1. The highest BCUT2D eigenvalue weighted by Gasteiger charge is 2.37. The van der Waals surface area contributed by atoms with Gasteiger partial charge in [0.1, 0.15) is 24.4 Å². The van der Waals surface area contributed by atoms with Crippen LogP contribution in [0.15, 0.2) is 36.4 Å². The van der Waals surface area contributed by atoms with Gasteiger partial charge in [-0.05, 0) is 29.9 Å². The van der Waals surface area contributed by atoms with Crippen LogP contribution in [0.1, 0.15) is 32.8 Å². The highest BCUT2D eigenvalue weighted by atomic mass is 16.5. The van der Waals surface area contributed by atoms with Gasteiger partial charge >= 0.3 is 0 Å². The number of rotatable bonds is 7. The van der Waals surface area contributed by atoms with Gasteiger partial charge in [-0.15, -0.1) is 0 Å². The summed E-state index contributed by atoms with van der Waals surface area (Å²) in [5.41, 5.74) is 1.44. The molecule has 5 N–H and O–H groups in total. The number of hydrogen-bond donors (Lipinski definition) is 5. The van der Waals surface area contributed by atoms with Crippen molar-refractivity contribution >= 4 is 17.5 Å². The molecule has 1 aliphatic heterocycles. The van der Waals surface area contributed by atoms with Gasteiger partial charge in [0.15, 0.2) is 6.10 Å². The Morgan fingerprint density at radius 1 is 1.23 bits per heavy atom. The van der Waals surface area contributed by atoms with Gasteiger partial charge in [-0.25, -0.2) is 0 Å². The predicted octanol–water partition coefficient (Wildman–Crippen LogP) is 0.756. The van der Waals surface area contributed by atoms with Crippen molar-refractivity contribution < 1.29 is 29.6 Å². The number of allylic oxidation sites excluding steroid dienone is 1. The Balaban J connectivity index is 2.03. The van der Waals surface area contributed by atoms with Crippen molar-refractivity contribution in [2.24, 2.45) is 5.41 Å². The molecule has 0 fully saturated rings. The number of aliphatic hydroxyl groups excluding tert-OH is 3. The third-order valence-corrected chi connectivity index (χ3v) is 4.93. The van der Waals surface area contributed by atoms with Gasteiger partial charge in [0, 0.05) is 12.8 Å². The van der Waals surface area contributed by atoms with E-state index in [1.165, 1.54) is 13.2 Å². The molecule has 0 radical (unpaired) electrons. The smallest absolute Gasteiger partial charge is 0.252 e. The molecule has 1 aromatic carbocycles. The molecule has 0 saturated carbocycles. The van der Waals surface area contributed by atoms with E-state index >= 15 is 0 Å². The second-order valence-electron chi connectivity index (χ2n) is 8.60. The van der Waals surface area contributed by atoms with Gasteiger partial charge in [0.2, 0.25) is 5.91 Å². The van der Waals surface area contributed by atoms with Crippen molar-refractivity contribution in [1.29, 1.82) is 0 Å². The molecule has 0 spiro atoms. The van der Waals surface area contributed by atoms with E-state index in [2.05, 4.69) is 10.6 Å². The summed E-state index contributed by atoms with van der Waals surface area (Å²) >= 11 is 0. The molecule has 0 bridgehead atoms. The molecule has 1 aromatic rings. The van der Waals surface area contributed by atoms with Gasteiger partial charge in [0.05, 0.1) is 0 Å². The summed E-state index contributed by atoms with van der Waals surface area (Å²) in [5.74, 6) is -1.12. The molecule has 0 unspecified atom stereocenters. The molecule has 5 atom stereocenters. The maximum absolute atomic E-state index is 12.7. The van der Waals surface area contributed by atoms with Crippen LogP contribution in [0, 0.1) is 5.41 Å². The number of ether oxygens (including phenoxy) is 1. The van der Waals surface area contributed by atoms with Crippen LogP contribution in [0.3, 0.4) is 0 Å². The zero-order valence-electron chi connectivity index (χ0n) is 17.8. The van der Waals surface area contributed by atoms with Crippen molar-refractivity contribution in [3.8, 4) is 0 Å². The minimum Gasteiger partial charge on any atom is -0.387 e. The number of carbonyl (C=O) groups excluding carboxylic acids is 2. The quantitative estimate of drug-likeness (QED) is 0.414. The number of benzene rings is 1. The number of fused-ring (bicyclic) bond motifs is 1. The number of nitrogens with one attached hydrogen (secondary N) is 2. The minimum absolute atomic E-state index is 0.228. The minimum atomic E-state index is -1.69. The lowest BCUT2D eigenvalue weighted by molar-refractivity contribution is -0.150. The first-order chi connectivity index (χ1) is 14.0. The summed E-state index contributed by atoms with van der Waals surface area (Å²) < 4.78 is 5.07. The molecule has 30 heavy (non-hydrogen) atoms. The molecular formula is C22H32N2O6. The molecule has 8 nitrogen and oxygen atoms in total. The van der Waals surface area contributed by atoms with E-state index < -0.39 is 36.4 Å². The third-order valence-electron chi connectivity index (χ3n) is 4.93. The molecule has 1 heterocycles. The normalized spacial score (nSPS) is 21.2. The van der Waals surface area contributed by atoms with Crippen LogP contribution in [0.25, 0.3) is 0 Å². The zero-order valence-corrected chi connectivity index (χ0v) is 17.8. The fourth-order valence-electron chi connectivity index (χ4n) is 3.19. The average molecular weight is 421 g/mol. The number of aliphatic hydroxyl groups is 3. The lowest BCUT2D eigenvalue weighted by atomic mass is 9.94. The van der Waals surface area contributed by atoms with E-state index in [1.54, 1.807) is 12.1 Å². The Morgan fingerprint density at radius 3 is 2.53 bits per heavy atom. The van der Waals surface area contributed by atoms with Crippen LogP contribution >= 0.6 is 0 Å². The summed E-state index contributed by atoms with van der Waals surface area (Å²) in [6.45, 7) is 5.75. The average Bonchev–Trinajstić information content (AvgIpc) is 2.84. The highest BCUT2D eigenvalue weighted by molar-refractivity contribution is 5.99. The first-order valence-corrected chi connectivity index (χ1v) is 9.99. The molecule has 2 amide bonds. The molecule has 0 aromatic heterocycles. The van der Waals surface area contributed by atoms with E-state index in [9.17, 15) is 24.9 Å². The Labute approximate surface area is 176 Å². The van der Waals surface area contributed by atoms with Gasteiger partial charge < -0.3 is 30.7 Å². The Kier molecular flexibility index (Phi) is 8.14. The van der Waals surface area contributed by atoms with Crippen LogP contribution in [0.4, 0.5) is 5.69 Å². The van der Waals surface area contributed by atoms with E-state index in [0.29, 0.717) is 18.5 Å². The topological polar surface area (TPSA) is 128 Å². The SMILES string of the molecule is CO[C@@H](C(=O)N[C@@H]1CCc2ccccc2NC1=O)[C@H](O)[C@@H](O)[C@H](O)/C=C/C(C)(C)C. The summed E-state index contributed by atoms with van der Waals surface area (Å²) in [7, 11) is 1.21. The summed E-state index contributed by atoms with van der Waals surface area (Å²) in [6, 6.07) is 6.57. The summed E-state index contributed by atoms with van der Waals surface area (Å²) in [4.78, 5) is 25.2. The predicted molar refractivity (Wildman–Crippen MR) is 113 cm³/mol. The fraction of sp³-hybridized carbons (Fsp3) is 0.545. The zero-order chi connectivity index (χ0) is 22.5. The number of carbonyl (C=O) groups is 2. The Bertz CT molecular complexity index is 773. The van der Waals surface area contributed by atoms with Gasteiger partial charge in [-0.2, -0.15) is 0 Å². The Morgan fingerprint density at radius 2 is 1.90 bits per heavy atom. The van der Waals surface area contributed by atoms with Crippen LogP contribution < -0.4 is 10.6 Å². The number of amides is 2. The number of para-hydroxylation sites is 1. The fourth-order valence-corrected chi connectivity index (χ4v) is 3.19. The lowest BCUT2D eigenvalue weighted by Gasteiger charge is -2.28. The molecule has 0 aliphatic carbocycles. The van der Waals surface area contributed by atoms with Crippen LogP contribution in [-0.4, -0.2) is 64.7 Å². The molecule has 0 saturated heterocycles. The van der Waals surface area contributed by atoms with E-state index in [1.807, 2.05) is 39.0 Å². The standard InChI is InChI=1S/C22H32N2O6/c1-22(2,3)12-11-16(25)17(26)18(27)19(30-4)21(29)24-15-10-9-13-7-5-6-8-14(13)23-20(15)28/h5-8,11-12,15-19,25-27H,9-10H2,1-4H3,(H,23,28)(H,24,29)/b12-11+/t15-,16-,17+,18-,19-/m1/s1. The van der Waals surface area contributed by atoms with Crippen molar-refractivity contribution in [2.75, 3.05) is 12.4 Å². The van der Waals surface area contributed by atoms with Gasteiger partial charge in [-0.3, -0.25) is 9.59 Å². The Hall–Kier alpha value is -2.26. The molecule has 2 rings (SSSR count). The first kappa shape index (κ1) is 24.0. The van der Waals surface area contributed by atoms with Crippen molar-refractivity contribution in [3.05, 3.63) is 42.0 Å². The maximum Gasteiger partial charge on any atom is 0.252 e. The number of anilines is 1. The van der Waals surface area contributed by atoms with Gasteiger partial charge in [-0.1, -0.05) is 51.1 Å². The van der Waals surface area contributed by atoms with Crippen LogP contribution in [0.2, 0.25) is 0 Å². The molecule has 166 valence electrons. The summed E-state index contributed by atoms with van der Waals surface area (Å²) in [5, 5.41) is 36.2. The third kappa shape index (κ3) is 6.37. The van der Waals surface area contributed by atoms with Crippen molar-refractivity contribution in [2.45, 2.75) is 64.1 Å². The monoisotopic (exact) mass is 420 g/mol. The second kappa shape index (κ2) is 10.2. The largest absolute Gasteiger partial charge is 0.387 e. The molecular weight excluding hydrogens is 388 g/mol. The maximum atomic E-state index is 12.7. The van der Waals surface area contributed by atoms with Crippen LogP contribution in [0.5, 0.6) is 0 Å². The number of aryl methyl sites for hydroxylation is 1. The highest BCUT2D eigenvalue weighted by Crippen LogP contribution is 2.22. The lowest BCUT2D eigenvalue weighted by Crippen LogP contribution is -2.55. The van der Waals surface area contributed by atoms with Gasteiger partial charge in [0.25, 0.3) is 5.91 Å².